The molecule has 1 saturated heterocycles. The molecule has 0 amide bonds. The van der Waals surface area contributed by atoms with E-state index < -0.39 is 5.79 Å². The molecule has 0 N–H and O–H groups in total. The molecule has 3 heterocycles. The topological polar surface area (TPSA) is 53.4 Å². The molecule has 1 aromatic heterocycles. The Kier molecular flexibility index (Phi) is 3.40. The van der Waals surface area contributed by atoms with Crippen molar-refractivity contribution in [3.63, 3.8) is 0 Å². The Morgan fingerprint density at radius 3 is 2.70 bits per heavy atom. The summed E-state index contributed by atoms with van der Waals surface area (Å²) in [6.45, 7) is 1.33. The highest BCUT2D eigenvalue weighted by Gasteiger charge is 2.66. The van der Waals surface area contributed by atoms with Crippen molar-refractivity contribution in [1.29, 1.82) is 0 Å². The number of fused-ring (bicyclic) bond motifs is 3. The highest BCUT2D eigenvalue weighted by atomic mass is 19.1. The van der Waals surface area contributed by atoms with E-state index in [1.54, 1.807) is 18.6 Å². The predicted octanol–water partition coefficient (Wildman–Crippen LogP) is 4.12. The smallest absolute Gasteiger partial charge is 0.174 e. The predicted molar refractivity (Wildman–Crippen MR) is 106 cm³/mol. The second-order valence-electron chi connectivity index (χ2n) is 10.1. The number of halogens is 1. The summed E-state index contributed by atoms with van der Waals surface area (Å²) in [4.78, 5) is 18.1. The molecule has 2 aliphatic heterocycles. The molecule has 5 fully saturated rings. The first-order valence-electron chi connectivity index (χ1n) is 11.2. The van der Waals surface area contributed by atoms with Gasteiger partial charge in [0.25, 0.3) is 0 Å². The van der Waals surface area contributed by atoms with Crippen LogP contribution in [0.15, 0.2) is 30.7 Å². The summed E-state index contributed by atoms with van der Waals surface area (Å²) in [5, 5.41) is 0. The third-order valence-electron chi connectivity index (χ3n) is 8.70. The Morgan fingerprint density at radius 2 is 1.93 bits per heavy atom. The van der Waals surface area contributed by atoms with Crippen molar-refractivity contribution < 1.29 is 18.7 Å². The molecule has 3 atom stereocenters. The van der Waals surface area contributed by atoms with E-state index in [2.05, 4.69) is 4.98 Å². The number of hydrogen-bond acceptors (Lipinski definition) is 4. The Labute approximate surface area is 174 Å². The van der Waals surface area contributed by atoms with Gasteiger partial charge >= 0.3 is 0 Å². The van der Waals surface area contributed by atoms with Crippen LogP contribution in [0.2, 0.25) is 0 Å². The number of aromatic nitrogens is 2. The summed E-state index contributed by atoms with van der Waals surface area (Å²) >= 11 is 0. The summed E-state index contributed by atoms with van der Waals surface area (Å²) < 4.78 is 29.2. The van der Waals surface area contributed by atoms with Gasteiger partial charge in [-0.1, -0.05) is 12.1 Å². The molecule has 156 valence electrons. The van der Waals surface area contributed by atoms with Crippen molar-refractivity contribution in [2.45, 2.75) is 50.4 Å². The van der Waals surface area contributed by atoms with Crippen LogP contribution in [0.1, 0.15) is 50.1 Å². The van der Waals surface area contributed by atoms with Gasteiger partial charge in [-0.2, -0.15) is 0 Å². The number of carbonyl (C=O) groups excluding carboxylic acids is 1. The fraction of sp³-hybridized carbons (Fsp3) is 0.583. The number of ether oxygens (including phenoxy) is 2. The lowest BCUT2D eigenvalue weighted by Crippen LogP contribution is -2.63. The molecule has 6 heteroatoms. The first kappa shape index (κ1) is 17.6. The molecule has 8 rings (SSSR count). The molecular weight excluding hydrogens is 383 g/mol. The molecular formula is C24H25FN2O3. The van der Waals surface area contributed by atoms with Crippen LogP contribution >= 0.6 is 0 Å². The SMILES string of the molecule is O=C(CC1c2c(F)cccc2-c2cncn21)C12CC3CC(C1)C1(OCCO1)C(C3)C2. The van der Waals surface area contributed by atoms with E-state index >= 15 is 0 Å². The molecule has 1 aromatic carbocycles. The first-order valence-corrected chi connectivity index (χ1v) is 11.2. The minimum atomic E-state index is -0.440. The summed E-state index contributed by atoms with van der Waals surface area (Å²) in [6.07, 6.45) is 8.74. The zero-order valence-electron chi connectivity index (χ0n) is 16.9. The highest BCUT2D eigenvalue weighted by Crippen LogP contribution is 2.66. The molecule has 6 aliphatic rings. The van der Waals surface area contributed by atoms with Crippen molar-refractivity contribution in [2.24, 2.45) is 23.2 Å². The first-order chi connectivity index (χ1) is 14.6. The fourth-order valence-electron chi connectivity index (χ4n) is 7.78. The second-order valence-corrected chi connectivity index (χ2v) is 10.1. The van der Waals surface area contributed by atoms with Gasteiger partial charge in [0.05, 0.1) is 37.5 Å². The number of ketones is 1. The molecule has 2 aromatic rings. The molecule has 4 aliphatic carbocycles. The van der Waals surface area contributed by atoms with Gasteiger partial charge in [-0.15, -0.1) is 0 Å². The van der Waals surface area contributed by atoms with Gasteiger partial charge < -0.3 is 14.0 Å². The van der Waals surface area contributed by atoms with Crippen LogP contribution in [-0.2, 0) is 14.3 Å². The largest absolute Gasteiger partial charge is 0.347 e. The van der Waals surface area contributed by atoms with E-state index in [-0.39, 0.29) is 23.1 Å². The highest BCUT2D eigenvalue weighted by molar-refractivity contribution is 5.87. The minimum absolute atomic E-state index is 0.230. The van der Waals surface area contributed by atoms with E-state index in [1.165, 1.54) is 6.07 Å². The fourth-order valence-corrected chi connectivity index (χ4v) is 7.78. The number of rotatable bonds is 3. The van der Waals surface area contributed by atoms with Crippen LogP contribution in [0.4, 0.5) is 4.39 Å². The lowest BCUT2D eigenvalue weighted by molar-refractivity contribution is -0.298. The molecule has 4 saturated carbocycles. The third kappa shape index (κ3) is 2.09. The van der Waals surface area contributed by atoms with E-state index in [4.69, 9.17) is 9.47 Å². The maximum atomic E-state index is 14.8. The average Bonchev–Trinajstić information content (AvgIpc) is 3.45. The van der Waals surface area contributed by atoms with Crippen molar-refractivity contribution in [2.75, 3.05) is 13.2 Å². The van der Waals surface area contributed by atoms with Gasteiger partial charge in [-0.05, 0) is 44.1 Å². The van der Waals surface area contributed by atoms with Gasteiger partial charge in [-0.3, -0.25) is 4.79 Å². The average molecular weight is 408 g/mol. The Hall–Kier alpha value is -2.05. The normalized spacial score (nSPS) is 37.0. The standard InChI is InChI=1S/C24H25FN2O3/c25-18-3-1-2-17-20-12-26-13-27(20)19(22(17)18)8-21(28)23-9-14-6-15(10-23)24(16(7-14)11-23)29-4-5-30-24/h1-3,12-16,19H,4-11H2. The van der Waals surface area contributed by atoms with Crippen LogP contribution < -0.4 is 0 Å². The van der Waals surface area contributed by atoms with E-state index in [0.29, 0.717) is 43.0 Å². The van der Waals surface area contributed by atoms with Crippen molar-refractivity contribution >= 4 is 5.78 Å². The van der Waals surface area contributed by atoms with Crippen molar-refractivity contribution in [3.8, 4) is 11.3 Å². The second kappa shape index (κ2) is 5.80. The maximum absolute atomic E-state index is 14.8. The van der Waals surface area contributed by atoms with Gasteiger partial charge in [0.1, 0.15) is 11.6 Å². The molecule has 4 bridgehead atoms. The zero-order chi connectivity index (χ0) is 20.1. The monoisotopic (exact) mass is 408 g/mol. The van der Waals surface area contributed by atoms with Gasteiger partial charge in [-0.25, -0.2) is 9.37 Å². The summed E-state index contributed by atoms with van der Waals surface area (Å²) in [7, 11) is 0. The van der Waals surface area contributed by atoms with E-state index in [1.807, 2.05) is 10.6 Å². The number of nitrogens with zero attached hydrogens (tertiary/aromatic N) is 2. The number of benzene rings is 1. The van der Waals surface area contributed by atoms with Crippen LogP contribution in [0.25, 0.3) is 11.3 Å². The molecule has 0 radical (unpaired) electrons. The summed E-state index contributed by atoms with van der Waals surface area (Å²) in [6, 6.07) is 4.86. The van der Waals surface area contributed by atoms with Gasteiger partial charge in [0, 0.05) is 34.8 Å². The Balaban J connectivity index is 1.23. The molecule has 1 spiro atoms. The lowest BCUT2D eigenvalue weighted by Gasteiger charge is -2.62. The summed E-state index contributed by atoms with van der Waals surface area (Å²) in [5.74, 6) is 0.825. The van der Waals surface area contributed by atoms with Crippen molar-refractivity contribution in [1.82, 2.24) is 9.55 Å². The number of Topliss-reactive ketones (excluding diaryl/α,β-unsaturated/α-hetero) is 1. The lowest BCUT2D eigenvalue weighted by atomic mass is 9.46. The molecule has 5 nitrogen and oxygen atoms in total. The minimum Gasteiger partial charge on any atom is -0.347 e. The van der Waals surface area contributed by atoms with Crippen LogP contribution in [0, 0.1) is 29.0 Å². The molecule has 3 unspecified atom stereocenters. The van der Waals surface area contributed by atoms with Crippen LogP contribution in [-0.4, -0.2) is 34.3 Å². The Bertz CT molecular complexity index is 1040. The third-order valence-corrected chi connectivity index (χ3v) is 8.70. The number of carbonyl (C=O) groups is 1. The van der Waals surface area contributed by atoms with Crippen LogP contribution in [0.3, 0.4) is 0 Å². The number of imidazole rings is 1. The quantitative estimate of drug-likeness (QED) is 0.767. The van der Waals surface area contributed by atoms with Crippen molar-refractivity contribution in [3.05, 3.63) is 42.1 Å². The zero-order valence-corrected chi connectivity index (χ0v) is 16.9. The van der Waals surface area contributed by atoms with E-state index in [9.17, 15) is 9.18 Å². The van der Waals surface area contributed by atoms with Gasteiger partial charge in [0.2, 0.25) is 0 Å². The van der Waals surface area contributed by atoms with Gasteiger partial charge in [0.15, 0.2) is 5.79 Å². The van der Waals surface area contributed by atoms with E-state index in [0.717, 1.165) is 43.4 Å². The summed E-state index contributed by atoms with van der Waals surface area (Å²) in [5.41, 5.74) is 2.11. The number of hydrogen-bond donors (Lipinski definition) is 0. The Morgan fingerprint density at radius 1 is 1.17 bits per heavy atom. The van der Waals surface area contributed by atoms with Crippen LogP contribution in [0.5, 0.6) is 0 Å². The maximum Gasteiger partial charge on any atom is 0.174 e. The molecule has 30 heavy (non-hydrogen) atoms.